The number of hydrogen-bond donors (Lipinski definition) is 0. The van der Waals surface area contributed by atoms with Gasteiger partial charge in [0.25, 0.3) is 0 Å². The minimum Gasteiger partial charge on any atom is -0.490 e. The summed E-state index contributed by atoms with van der Waals surface area (Å²) in [4.78, 5) is 0. The van der Waals surface area contributed by atoms with Crippen LogP contribution >= 0.6 is 0 Å². The Morgan fingerprint density at radius 3 is 2.81 bits per heavy atom. The lowest BCUT2D eigenvalue weighted by atomic mass is 10.0. The first-order valence-corrected chi connectivity index (χ1v) is 5.36. The third kappa shape index (κ3) is 2.50. The second kappa shape index (κ2) is 4.78. The zero-order chi connectivity index (χ0) is 11.5. The van der Waals surface area contributed by atoms with Gasteiger partial charge in [-0.15, -0.1) is 0 Å². The van der Waals surface area contributed by atoms with Gasteiger partial charge >= 0.3 is 0 Å². The van der Waals surface area contributed by atoms with Gasteiger partial charge in [0.2, 0.25) is 0 Å². The molecule has 4 heteroatoms. The van der Waals surface area contributed by atoms with Crippen molar-refractivity contribution in [3.05, 3.63) is 29.8 Å². The number of ether oxygens (including phenoxy) is 2. The van der Waals surface area contributed by atoms with Gasteiger partial charge in [-0.05, 0) is 12.1 Å². The minimum absolute atomic E-state index is 0.0126. The lowest BCUT2D eigenvalue weighted by molar-refractivity contribution is -0.0165. The third-order valence-corrected chi connectivity index (χ3v) is 2.74. The van der Waals surface area contributed by atoms with Gasteiger partial charge in [0.1, 0.15) is 11.9 Å². The Balaban J connectivity index is 2.05. The van der Waals surface area contributed by atoms with Gasteiger partial charge in [-0.3, -0.25) is 0 Å². The smallest absolute Gasteiger partial charge is 0.162 e. The summed E-state index contributed by atoms with van der Waals surface area (Å²) in [5.74, 6) is -1.09. The number of rotatable bonds is 2. The molecular weight excluding hydrogens is 214 g/mol. The molecule has 1 heterocycles. The monoisotopic (exact) mass is 228 g/mol. The number of hydrogen-bond acceptors (Lipinski definition) is 2. The summed E-state index contributed by atoms with van der Waals surface area (Å²) in [6.07, 6.45) is 0.791. The van der Waals surface area contributed by atoms with E-state index < -0.39 is 11.6 Å². The first-order valence-electron chi connectivity index (χ1n) is 5.36. The maximum atomic E-state index is 13.0. The fraction of sp³-hybridized carbons (Fsp3) is 0.500. The molecule has 1 aromatic carbocycles. The molecule has 0 aliphatic carbocycles. The zero-order valence-electron chi connectivity index (χ0n) is 9.08. The molecule has 1 aliphatic rings. The summed E-state index contributed by atoms with van der Waals surface area (Å²) in [6, 6.07) is 3.60. The van der Waals surface area contributed by atoms with Gasteiger partial charge in [-0.1, -0.05) is 6.92 Å². The fourth-order valence-corrected chi connectivity index (χ4v) is 1.76. The fourth-order valence-electron chi connectivity index (χ4n) is 1.76. The predicted octanol–water partition coefficient (Wildman–Crippen LogP) is 2.77. The molecule has 1 saturated heterocycles. The van der Waals surface area contributed by atoms with Crippen LogP contribution in [0.2, 0.25) is 0 Å². The summed E-state index contributed by atoms with van der Waals surface area (Å²) >= 11 is 0. The van der Waals surface area contributed by atoms with Gasteiger partial charge < -0.3 is 9.47 Å². The lowest BCUT2D eigenvalue weighted by Gasteiger charge is -2.29. The summed E-state index contributed by atoms with van der Waals surface area (Å²) < 4.78 is 36.5. The van der Waals surface area contributed by atoms with Gasteiger partial charge in [-0.25, -0.2) is 8.78 Å². The van der Waals surface area contributed by atoms with Crippen LogP contribution in [0.15, 0.2) is 18.2 Å². The van der Waals surface area contributed by atoms with Crippen molar-refractivity contribution in [1.29, 1.82) is 0 Å². The van der Waals surface area contributed by atoms with E-state index in [1.165, 1.54) is 6.07 Å². The normalized spacial score (nSPS) is 25.4. The maximum Gasteiger partial charge on any atom is 0.162 e. The molecule has 0 saturated carbocycles. The van der Waals surface area contributed by atoms with Crippen molar-refractivity contribution in [2.45, 2.75) is 19.4 Å². The second-order valence-corrected chi connectivity index (χ2v) is 4.07. The molecule has 0 N–H and O–H groups in total. The highest BCUT2D eigenvalue weighted by molar-refractivity contribution is 5.24. The van der Waals surface area contributed by atoms with Crippen molar-refractivity contribution in [1.82, 2.24) is 0 Å². The van der Waals surface area contributed by atoms with E-state index in [2.05, 4.69) is 0 Å². The molecule has 0 spiro atoms. The van der Waals surface area contributed by atoms with Crippen molar-refractivity contribution in [3.63, 3.8) is 0 Å². The molecule has 16 heavy (non-hydrogen) atoms. The molecule has 1 fully saturated rings. The van der Waals surface area contributed by atoms with Crippen LogP contribution in [0.25, 0.3) is 0 Å². The highest BCUT2D eigenvalue weighted by Crippen LogP contribution is 2.23. The molecule has 2 unspecified atom stereocenters. The van der Waals surface area contributed by atoms with Crippen LogP contribution in [0.5, 0.6) is 5.75 Å². The Labute approximate surface area is 93.2 Å². The van der Waals surface area contributed by atoms with Crippen molar-refractivity contribution in [2.24, 2.45) is 5.92 Å². The van der Waals surface area contributed by atoms with Crippen molar-refractivity contribution >= 4 is 0 Å². The Kier molecular flexibility index (Phi) is 3.39. The van der Waals surface area contributed by atoms with E-state index in [4.69, 9.17) is 9.47 Å². The van der Waals surface area contributed by atoms with Crippen molar-refractivity contribution < 1.29 is 18.3 Å². The third-order valence-electron chi connectivity index (χ3n) is 2.74. The molecule has 0 amide bonds. The number of halogens is 2. The average Bonchev–Trinajstić information content (AvgIpc) is 2.27. The van der Waals surface area contributed by atoms with Crippen LogP contribution in [0.1, 0.15) is 13.3 Å². The van der Waals surface area contributed by atoms with E-state index in [-0.39, 0.29) is 12.0 Å². The highest BCUT2D eigenvalue weighted by atomic mass is 19.2. The quantitative estimate of drug-likeness (QED) is 0.774. The van der Waals surface area contributed by atoms with Crippen LogP contribution in [-0.2, 0) is 4.74 Å². The van der Waals surface area contributed by atoms with Gasteiger partial charge in [0.05, 0.1) is 13.2 Å². The minimum atomic E-state index is -0.878. The summed E-state index contributed by atoms with van der Waals surface area (Å²) in [7, 11) is 0. The molecule has 1 aromatic rings. The van der Waals surface area contributed by atoms with Gasteiger partial charge in [0.15, 0.2) is 11.6 Å². The van der Waals surface area contributed by atoms with E-state index in [1.54, 1.807) is 0 Å². The van der Waals surface area contributed by atoms with E-state index >= 15 is 0 Å². The molecular formula is C12H14F2O2. The van der Waals surface area contributed by atoms with Crippen LogP contribution in [0, 0.1) is 17.6 Å². The molecule has 2 nitrogen and oxygen atoms in total. The highest BCUT2D eigenvalue weighted by Gasteiger charge is 2.23. The Bertz CT molecular complexity index is 368. The lowest BCUT2D eigenvalue weighted by Crippen LogP contribution is -2.34. The number of benzene rings is 1. The summed E-state index contributed by atoms with van der Waals surface area (Å²) in [5, 5.41) is 0. The predicted molar refractivity (Wildman–Crippen MR) is 55.4 cm³/mol. The van der Waals surface area contributed by atoms with Crippen LogP contribution < -0.4 is 4.74 Å². The van der Waals surface area contributed by atoms with E-state index in [0.717, 1.165) is 18.6 Å². The molecule has 0 aromatic heterocycles. The summed E-state index contributed by atoms with van der Waals surface area (Å²) in [6.45, 7) is 3.32. The van der Waals surface area contributed by atoms with Crippen LogP contribution in [-0.4, -0.2) is 19.3 Å². The Morgan fingerprint density at radius 2 is 2.12 bits per heavy atom. The molecule has 0 bridgehead atoms. The average molecular weight is 228 g/mol. The Hall–Kier alpha value is -1.16. The SMILES string of the molecule is CC1COCCC1Oc1ccc(F)c(F)c1. The zero-order valence-corrected chi connectivity index (χ0v) is 9.08. The Morgan fingerprint density at radius 1 is 1.31 bits per heavy atom. The van der Waals surface area contributed by atoms with Crippen LogP contribution in [0.4, 0.5) is 8.78 Å². The summed E-state index contributed by atoms with van der Waals surface area (Å²) in [5.41, 5.74) is 0. The molecule has 88 valence electrons. The van der Waals surface area contributed by atoms with Crippen LogP contribution in [0.3, 0.4) is 0 Å². The first kappa shape index (κ1) is 11.3. The van der Waals surface area contributed by atoms with Gasteiger partial charge in [-0.2, -0.15) is 0 Å². The van der Waals surface area contributed by atoms with Crippen molar-refractivity contribution in [2.75, 3.05) is 13.2 Å². The van der Waals surface area contributed by atoms with Crippen molar-refractivity contribution in [3.8, 4) is 5.75 Å². The van der Waals surface area contributed by atoms with Gasteiger partial charge in [0, 0.05) is 18.4 Å². The molecule has 0 radical (unpaired) electrons. The standard InChI is InChI=1S/C12H14F2O2/c1-8-7-15-5-4-12(8)16-9-2-3-10(13)11(14)6-9/h2-3,6,8,12H,4-5,7H2,1H3. The largest absolute Gasteiger partial charge is 0.490 e. The maximum absolute atomic E-state index is 13.0. The van der Waals surface area contributed by atoms with E-state index in [9.17, 15) is 8.78 Å². The molecule has 2 atom stereocenters. The second-order valence-electron chi connectivity index (χ2n) is 4.07. The van der Waals surface area contributed by atoms with E-state index in [0.29, 0.717) is 19.0 Å². The topological polar surface area (TPSA) is 18.5 Å². The molecule has 2 rings (SSSR count). The molecule has 1 aliphatic heterocycles. The first-order chi connectivity index (χ1) is 7.66. The van der Waals surface area contributed by atoms with E-state index in [1.807, 2.05) is 6.92 Å².